The number of hydrogen-bond donors (Lipinski definition) is 1. The van der Waals surface area contributed by atoms with E-state index in [-0.39, 0.29) is 17.8 Å². The second-order valence-corrected chi connectivity index (χ2v) is 7.45. The molecule has 1 N–H and O–H groups in total. The molecule has 5 nitrogen and oxygen atoms in total. The van der Waals surface area contributed by atoms with E-state index in [0.717, 1.165) is 35.6 Å². The van der Waals surface area contributed by atoms with Gasteiger partial charge >= 0.3 is 5.97 Å². The van der Waals surface area contributed by atoms with Crippen molar-refractivity contribution in [2.24, 2.45) is 0 Å². The number of hydrogen-bond acceptors (Lipinski definition) is 4. The quantitative estimate of drug-likeness (QED) is 0.543. The van der Waals surface area contributed by atoms with E-state index >= 15 is 0 Å². The zero-order chi connectivity index (χ0) is 21.8. The first-order valence-corrected chi connectivity index (χ1v) is 9.80. The fourth-order valence-corrected chi connectivity index (χ4v) is 3.42. The van der Waals surface area contributed by atoms with Gasteiger partial charge in [-0.15, -0.1) is 0 Å². The van der Waals surface area contributed by atoms with E-state index in [9.17, 15) is 14.4 Å². The molecule has 0 unspecified atom stereocenters. The highest BCUT2D eigenvalue weighted by Gasteiger charge is 2.44. The molecule has 3 aromatic rings. The molecule has 0 spiro atoms. The van der Waals surface area contributed by atoms with Crippen LogP contribution in [0.3, 0.4) is 0 Å². The van der Waals surface area contributed by atoms with Gasteiger partial charge in [0, 0.05) is 6.08 Å². The lowest BCUT2D eigenvalue weighted by Gasteiger charge is -2.13. The van der Waals surface area contributed by atoms with Crippen LogP contribution in [0.1, 0.15) is 29.7 Å². The van der Waals surface area contributed by atoms with Gasteiger partial charge < -0.3 is 9.84 Å². The van der Waals surface area contributed by atoms with E-state index in [2.05, 4.69) is 11.1 Å². The van der Waals surface area contributed by atoms with Crippen LogP contribution in [0.15, 0.2) is 66.9 Å². The van der Waals surface area contributed by atoms with Crippen LogP contribution in [0, 0.1) is 17.1 Å². The Bertz CT molecular complexity index is 1170. The van der Waals surface area contributed by atoms with Crippen LogP contribution in [-0.4, -0.2) is 16.1 Å². The molecular formula is C25H19FN2O3. The van der Waals surface area contributed by atoms with Crippen LogP contribution in [0.25, 0.3) is 17.2 Å². The molecule has 4 rings (SSSR count). The first-order valence-electron chi connectivity index (χ1n) is 9.80. The smallest absolute Gasteiger partial charge is 0.328 e. The van der Waals surface area contributed by atoms with Crippen molar-refractivity contribution in [3.05, 3.63) is 89.5 Å². The number of carboxylic acid groups (broad SMARTS) is 1. The van der Waals surface area contributed by atoms with Gasteiger partial charge in [0.1, 0.15) is 18.2 Å². The van der Waals surface area contributed by atoms with Crippen LogP contribution in [0.4, 0.5) is 4.39 Å². The summed E-state index contributed by atoms with van der Waals surface area (Å²) in [7, 11) is 0. The van der Waals surface area contributed by atoms with Crippen molar-refractivity contribution >= 4 is 12.0 Å². The fourth-order valence-electron chi connectivity index (χ4n) is 3.42. The number of carbonyl (C=O) groups is 1. The fraction of sp³-hybridized carbons (Fsp3) is 0.160. The molecule has 1 heterocycles. The lowest BCUT2D eigenvalue weighted by atomic mass is 9.93. The molecule has 0 saturated heterocycles. The monoisotopic (exact) mass is 414 g/mol. The van der Waals surface area contributed by atoms with Crippen molar-refractivity contribution in [2.45, 2.75) is 24.9 Å². The maximum absolute atomic E-state index is 13.9. The van der Waals surface area contributed by atoms with Crippen molar-refractivity contribution in [1.29, 1.82) is 5.26 Å². The Balaban J connectivity index is 1.51. The largest absolute Gasteiger partial charge is 0.487 e. The van der Waals surface area contributed by atoms with Crippen molar-refractivity contribution in [3.8, 4) is 22.9 Å². The summed E-state index contributed by atoms with van der Waals surface area (Å²) in [4.78, 5) is 14.7. The van der Waals surface area contributed by atoms with Gasteiger partial charge in [-0.3, -0.25) is 4.98 Å². The number of nitrogens with zero attached hydrogens (tertiary/aromatic N) is 2. The average Bonchev–Trinajstić information content (AvgIpc) is 3.59. The summed E-state index contributed by atoms with van der Waals surface area (Å²) < 4.78 is 19.7. The maximum atomic E-state index is 13.9. The second-order valence-electron chi connectivity index (χ2n) is 7.45. The highest BCUT2D eigenvalue weighted by Crippen LogP contribution is 2.47. The molecule has 1 saturated carbocycles. The third kappa shape index (κ3) is 4.62. The molecule has 0 amide bonds. The standard InChI is InChI=1S/C25H19FN2O3/c26-20-5-9-23(17-1-3-19(4-2-17)25(16-27)11-12-25)18(13-20)15-31-22-8-6-21(28-14-22)7-10-24(29)30/h1-10,13-14H,11-12,15H2,(H,29,30). The van der Waals surface area contributed by atoms with Gasteiger partial charge in [-0.25, -0.2) is 9.18 Å². The highest BCUT2D eigenvalue weighted by atomic mass is 19.1. The van der Waals surface area contributed by atoms with Gasteiger partial charge in [-0.05, 0) is 65.4 Å². The Kier molecular flexibility index (Phi) is 5.50. The molecule has 154 valence electrons. The predicted octanol–water partition coefficient (Wildman–Crippen LogP) is 5.12. The molecule has 1 aliphatic rings. The minimum absolute atomic E-state index is 0.142. The lowest BCUT2D eigenvalue weighted by molar-refractivity contribution is -0.131. The number of carboxylic acids is 1. The zero-order valence-corrected chi connectivity index (χ0v) is 16.6. The van der Waals surface area contributed by atoms with Crippen LogP contribution >= 0.6 is 0 Å². The minimum atomic E-state index is -1.05. The normalized spacial score (nSPS) is 14.2. The van der Waals surface area contributed by atoms with Crippen LogP contribution in [-0.2, 0) is 16.8 Å². The summed E-state index contributed by atoms with van der Waals surface area (Å²) in [6, 6.07) is 18.1. The molecule has 0 radical (unpaired) electrons. The number of aliphatic carboxylic acids is 1. The first-order chi connectivity index (χ1) is 15.0. The van der Waals surface area contributed by atoms with Gasteiger partial charge in [0.05, 0.1) is 23.4 Å². The van der Waals surface area contributed by atoms with Crippen LogP contribution in [0.5, 0.6) is 5.75 Å². The molecule has 1 aliphatic carbocycles. The highest BCUT2D eigenvalue weighted by molar-refractivity contribution is 5.84. The molecule has 0 atom stereocenters. The number of ether oxygens (including phenoxy) is 1. The van der Waals surface area contributed by atoms with E-state index in [1.54, 1.807) is 18.2 Å². The Morgan fingerprint density at radius 1 is 1.19 bits per heavy atom. The predicted molar refractivity (Wildman–Crippen MR) is 114 cm³/mol. The number of aromatic nitrogens is 1. The van der Waals surface area contributed by atoms with Gasteiger partial charge in [-0.2, -0.15) is 5.26 Å². The van der Waals surface area contributed by atoms with Crippen LogP contribution < -0.4 is 4.74 Å². The molecule has 31 heavy (non-hydrogen) atoms. The lowest BCUT2D eigenvalue weighted by Crippen LogP contribution is -2.02. The molecule has 0 bridgehead atoms. The van der Waals surface area contributed by atoms with Gasteiger partial charge in [-0.1, -0.05) is 30.3 Å². The topological polar surface area (TPSA) is 83.2 Å². The maximum Gasteiger partial charge on any atom is 0.328 e. The summed E-state index contributed by atoms with van der Waals surface area (Å²) in [5, 5.41) is 18.0. The number of halogens is 1. The van der Waals surface area contributed by atoms with Gasteiger partial charge in [0.25, 0.3) is 0 Å². The van der Waals surface area contributed by atoms with Crippen LogP contribution in [0.2, 0.25) is 0 Å². The molecule has 6 heteroatoms. The zero-order valence-electron chi connectivity index (χ0n) is 16.6. The van der Waals surface area contributed by atoms with Crippen molar-refractivity contribution in [3.63, 3.8) is 0 Å². The van der Waals surface area contributed by atoms with E-state index in [1.165, 1.54) is 24.4 Å². The van der Waals surface area contributed by atoms with Gasteiger partial charge in [0.15, 0.2) is 0 Å². The van der Waals surface area contributed by atoms with E-state index in [1.807, 2.05) is 24.3 Å². The Hall–Kier alpha value is -3.98. The average molecular weight is 414 g/mol. The van der Waals surface area contributed by atoms with E-state index in [4.69, 9.17) is 9.84 Å². The third-order valence-corrected chi connectivity index (χ3v) is 5.33. The number of rotatable bonds is 7. The third-order valence-electron chi connectivity index (χ3n) is 5.33. The summed E-state index contributed by atoms with van der Waals surface area (Å²) in [6.45, 7) is 0.142. The van der Waals surface area contributed by atoms with E-state index < -0.39 is 5.97 Å². The SMILES string of the molecule is N#CC1(c2ccc(-c3ccc(F)cc3COc3ccc(C=CC(=O)O)nc3)cc2)CC1. The summed E-state index contributed by atoms with van der Waals surface area (Å²) in [6.07, 6.45) is 5.66. The van der Waals surface area contributed by atoms with Crippen molar-refractivity contribution in [1.82, 2.24) is 4.98 Å². The molecule has 0 aliphatic heterocycles. The Morgan fingerprint density at radius 3 is 2.58 bits per heavy atom. The van der Waals surface area contributed by atoms with Crippen molar-refractivity contribution in [2.75, 3.05) is 0 Å². The summed E-state index contributed by atoms with van der Waals surface area (Å²) >= 11 is 0. The minimum Gasteiger partial charge on any atom is -0.487 e. The van der Waals surface area contributed by atoms with Crippen molar-refractivity contribution < 1.29 is 19.0 Å². The molecule has 1 fully saturated rings. The Labute approximate surface area is 179 Å². The summed E-state index contributed by atoms with van der Waals surface area (Å²) in [5.74, 6) is -0.913. The molecule has 1 aromatic heterocycles. The number of nitriles is 1. The Morgan fingerprint density at radius 2 is 1.97 bits per heavy atom. The summed E-state index contributed by atoms with van der Waals surface area (Å²) in [5.41, 5.74) is 3.62. The molecule has 2 aromatic carbocycles. The van der Waals surface area contributed by atoms with E-state index in [0.29, 0.717) is 17.0 Å². The van der Waals surface area contributed by atoms with Gasteiger partial charge in [0.2, 0.25) is 0 Å². The number of pyridine rings is 1. The number of benzene rings is 2. The molecular weight excluding hydrogens is 395 g/mol. The first kappa shape index (κ1) is 20.3. The second kappa shape index (κ2) is 8.41.